The van der Waals surface area contributed by atoms with Gasteiger partial charge in [-0.3, -0.25) is 19.2 Å². The lowest BCUT2D eigenvalue weighted by Gasteiger charge is -2.68. The van der Waals surface area contributed by atoms with Gasteiger partial charge in [-0.2, -0.15) is 0 Å². The van der Waals surface area contributed by atoms with Crippen LogP contribution in [0.5, 0.6) is 0 Å². The quantitative estimate of drug-likeness (QED) is 0.153. The van der Waals surface area contributed by atoms with Crippen LogP contribution in [0.4, 0.5) is 0 Å². The van der Waals surface area contributed by atoms with E-state index in [-0.39, 0.29) is 31.0 Å². The number of carbonyl (C=O) groups excluding carboxylic acids is 5. The summed E-state index contributed by atoms with van der Waals surface area (Å²) in [7, 11) is 10.3. The molecule has 4 aliphatic rings. The minimum absolute atomic E-state index is 0.0276. The van der Waals surface area contributed by atoms with Crippen molar-refractivity contribution in [3.05, 3.63) is 35.9 Å². The molecule has 0 amide bonds. The average Bonchev–Trinajstić information content (AvgIpc) is 2.98. The number of hydrogen-bond acceptors (Lipinski definition) is 10. The van der Waals surface area contributed by atoms with Crippen molar-refractivity contribution in [1.29, 1.82) is 0 Å². The van der Waals surface area contributed by atoms with Crippen LogP contribution in [0.2, 0.25) is 0 Å². The second kappa shape index (κ2) is 14.7. The first-order valence-electron chi connectivity index (χ1n) is 15.7. The van der Waals surface area contributed by atoms with Crippen LogP contribution in [0.15, 0.2) is 30.3 Å². The zero-order chi connectivity index (χ0) is 35.5. The van der Waals surface area contributed by atoms with Gasteiger partial charge < -0.3 is 23.5 Å². The molecule has 2 bridgehead atoms. The maximum Gasteiger partial charge on any atom is 0.338 e. The van der Waals surface area contributed by atoms with E-state index in [4.69, 9.17) is 23.5 Å². The van der Waals surface area contributed by atoms with Gasteiger partial charge in [-0.25, -0.2) is 4.79 Å². The molecule has 10 nitrogen and oxygen atoms in total. The molecule has 17 heteroatoms. The largest absolute Gasteiger partial charge is 0.458 e. The highest BCUT2D eigenvalue weighted by molar-refractivity contribution is 8.96. The van der Waals surface area contributed by atoms with E-state index in [0.717, 1.165) is 0 Å². The molecular formula is C31H45O10P7. The van der Waals surface area contributed by atoms with Gasteiger partial charge in [0.1, 0.15) is 18.0 Å². The van der Waals surface area contributed by atoms with Crippen LogP contribution < -0.4 is 0 Å². The van der Waals surface area contributed by atoms with Gasteiger partial charge in [0.05, 0.1) is 31.7 Å². The summed E-state index contributed by atoms with van der Waals surface area (Å²) in [6.45, 7) is 8.45. The third-order valence-electron chi connectivity index (χ3n) is 10.9. The van der Waals surface area contributed by atoms with Crippen LogP contribution in [0, 0.1) is 34.5 Å². The zero-order valence-corrected chi connectivity index (χ0v) is 35.2. The van der Waals surface area contributed by atoms with Crippen LogP contribution >= 0.6 is 57.2 Å². The highest BCUT2D eigenvalue weighted by Crippen LogP contribution is 2.98. The molecule has 1 aromatic carbocycles. The van der Waals surface area contributed by atoms with E-state index in [0.29, 0.717) is 5.56 Å². The second-order valence-corrected chi connectivity index (χ2v) is 37.6. The predicted molar refractivity (Wildman–Crippen MR) is 201 cm³/mol. The van der Waals surface area contributed by atoms with Crippen molar-refractivity contribution in [3.8, 4) is 0 Å². The van der Waals surface area contributed by atoms with Crippen molar-refractivity contribution < 1.29 is 47.4 Å². The normalized spacial score (nSPS) is 37.1. The minimum Gasteiger partial charge on any atom is -0.458 e. The van der Waals surface area contributed by atoms with Crippen molar-refractivity contribution in [2.45, 2.75) is 84.4 Å². The van der Waals surface area contributed by atoms with E-state index < -0.39 is 104 Å². The van der Waals surface area contributed by atoms with E-state index in [9.17, 15) is 19.2 Å². The third-order valence-corrected chi connectivity index (χ3v) is 33.3. The lowest BCUT2D eigenvalue weighted by atomic mass is 9.43. The Hall–Kier alpha value is -0.1000. The summed E-state index contributed by atoms with van der Waals surface area (Å²) in [4.78, 5) is 68.9. The van der Waals surface area contributed by atoms with E-state index in [1.165, 1.54) is 13.8 Å². The summed E-state index contributed by atoms with van der Waals surface area (Å²) in [5, 5.41) is 0. The van der Waals surface area contributed by atoms with Gasteiger partial charge in [-0.05, 0) is 31.5 Å². The van der Waals surface area contributed by atoms with Crippen LogP contribution in [0.25, 0.3) is 0 Å². The Kier molecular flexibility index (Phi) is 12.0. The molecule has 4 fully saturated rings. The number of ether oxygens (including phenoxy) is 4. The van der Waals surface area contributed by atoms with Gasteiger partial charge in [0.2, 0.25) is 0 Å². The second-order valence-electron chi connectivity index (χ2n) is 14.0. The third kappa shape index (κ3) is 6.77. The Morgan fingerprint density at radius 3 is 2.08 bits per heavy atom. The molecule has 5 rings (SSSR count). The number of esters is 3. The molecule has 1 aromatic rings. The van der Waals surface area contributed by atoms with Crippen LogP contribution in [0.1, 0.15) is 64.7 Å². The Labute approximate surface area is 294 Å². The number of Topliss-reactive ketones (excluding diaryl/α,β-unsaturated/α-hetero) is 2. The van der Waals surface area contributed by atoms with Gasteiger partial charge in [0.15, 0.2) is 17.5 Å². The maximum absolute atomic E-state index is 15.1. The predicted octanol–water partition coefficient (Wildman–Crippen LogP) is 7.06. The van der Waals surface area contributed by atoms with Crippen molar-refractivity contribution in [2.75, 3.05) is 6.61 Å². The number of benzene rings is 1. The van der Waals surface area contributed by atoms with Crippen LogP contribution in [-0.2, 0) is 42.6 Å². The Morgan fingerprint density at radius 2 is 1.56 bits per heavy atom. The van der Waals surface area contributed by atoms with Crippen molar-refractivity contribution >= 4 is 86.7 Å². The summed E-state index contributed by atoms with van der Waals surface area (Å²) >= 11 is 0. The zero-order valence-electron chi connectivity index (χ0n) is 27.9. The smallest absolute Gasteiger partial charge is 0.338 e. The Morgan fingerprint density at radius 1 is 0.938 bits per heavy atom. The minimum atomic E-state index is -1.41. The lowest BCUT2D eigenvalue weighted by Crippen LogP contribution is -2.80. The summed E-state index contributed by atoms with van der Waals surface area (Å²) < 4.78 is 32.2. The van der Waals surface area contributed by atoms with Gasteiger partial charge in [-0.1, -0.05) is 45.9 Å². The fourth-order valence-electron chi connectivity index (χ4n) is 8.83. The molecular weight excluding hydrogens is 749 g/mol. The first kappa shape index (κ1) is 39.1. The van der Waals surface area contributed by atoms with Crippen molar-refractivity contribution in [1.82, 2.24) is 0 Å². The van der Waals surface area contributed by atoms with Crippen molar-refractivity contribution in [3.63, 3.8) is 0 Å². The Bertz CT molecular complexity index is 1450. The summed E-state index contributed by atoms with van der Waals surface area (Å²) in [6, 6.07) is 8.55. The first-order valence-corrected chi connectivity index (χ1v) is 27.6. The molecule has 0 aromatic heterocycles. The lowest BCUT2D eigenvalue weighted by molar-refractivity contribution is -0.347. The van der Waals surface area contributed by atoms with E-state index in [1.54, 1.807) is 37.3 Å². The molecule has 3 aliphatic carbocycles. The number of rotatable bonds is 8. The maximum atomic E-state index is 15.1. The van der Waals surface area contributed by atoms with Crippen LogP contribution in [0.3, 0.4) is 0 Å². The summed E-state index contributed by atoms with van der Waals surface area (Å²) in [5.74, 6) is -5.53. The molecule has 1 aliphatic heterocycles. The SMILES string of the molecule is CC(=O)O[C@@H]1C(=O)C2C(C)C(=O)CC([C@@H](OC(=O)c3ccccc3)C3[C@@]1(C)[C@@H](OP(P(P)P)P(P)P)C[C@H]1OC[C@@]31OC(C)=O)C2(C)C. The fraction of sp³-hybridized carbons (Fsp3) is 0.645. The molecule has 0 radical (unpaired) electrons. The average molecular weight is 795 g/mol. The highest BCUT2D eigenvalue weighted by atomic mass is 33.0. The number of hydrogen-bond donors (Lipinski definition) is 0. The molecule has 48 heavy (non-hydrogen) atoms. The first-order chi connectivity index (χ1) is 22.4. The molecule has 8 unspecified atom stereocenters. The molecule has 14 atom stereocenters. The van der Waals surface area contributed by atoms with Crippen LogP contribution in [-0.4, -0.2) is 66.1 Å². The van der Waals surface area contributed by atoms with E-state index in [1.807, 2.05) is 20.8 Å². The topological polar surface area (TPSA) is 132 Å². The molecule has 0 N–H and O–H groups in total. The number of carbonyl (C=O) groups is 5. The van der Waals surface area contributed by atoms with Gasteiger partial charge in [-0.15, -0.1) is 35.7 Å². The Balaban J connectivity index is 1.83. The number of ketones is 2. The van der Waals surface area contributed by atoms with E-state index >= 15 is 4.79 Å². The molecule has 0 spiro atoms. The molecule has 1 saturated heterocycles. The summed E-state index contributed by atoms with van der Waals surface area (Å²) in [6.07, 6.45) is -3.59. The molecule has 1 heterocycles. The van der Waals surface area contributed by atoms with Gasteiger partial charge >= 0.3 is 17.9 Å². The van der Waals surface area contributed by atoms with Gasteiger partial charge in [0, 0.05) is 49.9 Å². The fourth-order valence-corrected chi connectivity index (χ4v) is 41.7. The monoisotopic (exact) mass is 794 g/mol. The summed E-state index contributed by atoms with van der Waals surface area (Å²) in [5.41, 5.74) is -3.33. The standard InChI is InChI=1S/C31H45O10P7/c1-15-20(34)12-19-25(39-28(36)18-10-8-7-9-11-18)26-30(6,27(38-16(2)32)24(35)23(15)29(19,4)5)21(41-46(47(42)43)48(44)45)13-22-31(26,14-37-22)40-17(3)33/h7-11,15,19,21-23,25-27H,12-14,42-45H2,1-6H3/t15?,19?,21-,22+,23?,25+,26?,27+,30+,31-/m0/s1. The highest BCUT2D eigenvalue weighted by Gasteiger charge is 2.77. The van der Waals surface area contributed by atoms with Crippen molar-refractivity contribution in [2.24, 2.45) is 34.5 Å². The van der Waals surface area contributed by atoms with E-state index in [2.05, 4.69) is 35.7 Å². The molecule has 3 saturated carbocycles. The van der Waals surface area contributed by atoms with Gasteiger partial charge in [0.25, 0.3) is 0 Å². The number of fused-ring (bicyclic) bond motifs is 5. The molecule has 264 valence electrons.